The van der Waals surface area contributed by atoms with Gasteiger partial charge in [-0.15, -0.1) is 11.3 Å². The van der Waals surface area contributed by atoms with Crippen LogP contribution in [0.15, 0.2) is 66.0 Å². The highest BCUT2D eigenvalue weighted by molar-refractivity contribution is 7.11. The van der Waals surface area contributed by atoms with E-state index in [-0.39, 0.29) is 12.4 Å². The maximum absolute atomic E-state index is 13.1. The molecule has 0 radical (unpaired) electrons. The molecule has 0 spiro atoms. The standard InChI is InChI=1S/C22H17ClFNO3S/c23-19-5-2-1-4-16(19)13-25-21(26)14-28-22(27)18(20-6-3-11-29-20)12-15-7-9-17(24)10-8-15/h1-12H,13-14H2,(H,25,26). The van der Waals surface area contributed by atoms with Gasteiger partial charge in [-0.2, -0.15) is 0 Å². The van der Waals surface area contributed by atoms with Crippen molar-refractivity contribution in [2.24, 2.45) is 0 Å². The Morgan fingerprint density at radius 3 is 2.52 bits per heavy atom. The second-order valence-electron chi connectivity index (χ2n) is 6.03. The molecule has 148 valence electrons. The molecule has 29 heavy (non-hydrogen) atoms. The minimum atomic E-state index is -0.635. The molecule has 1 amide bonds. The van der Waals surface area contributed by atoms with Crippen LogP contribution < -0.4 is 5.32 Å². The molecule has 0 fully saturated rings. The Hall–Kier alpha value is -2.96. The van der Waals surface area contributed by atoms with Gasteiger partial charge in [-0.1, -0.05) is 48.0 Å². The first-order valence-electron chi connectivity index (χ1n) is 8.71. The number of esters is 1. The minimum Gasteiger partial charge on any atom is -0.452 e. The van der Waals surface area contributed by atoms with E-state index in [0.29, 0.717) is 21.0 Å². The minimum absolute atomic E-state index is 0.235. The van der Waals surface area contributed by atoms with E-state index >= 15 is 0 Å². The molecule has 0 bridgehead atoms. The zero-order valence-electron chi connectivity index (χ0n) is 15.2. The number of nitrogens with one attached hydrogen (secondary N) is 1. The topological polar surface area (TPSA) is 55.4 Å². The summed E-state index contributed by atoms with van der Waals surface area (Å²) in [7, 11) is 0. The maximum atomic E-state index is 13.1. The third-order valence-electron chi connectivity index (χ3n) is 3.96. The highest BCUT2D eigenvalue weighted by atomic mass is 35.5. The fourth-order valence-electron chi connectivity index (χ4n) is 2.48. The van der Waals surface area contributed by atoms with E-state index in [9.17, 15) is 14.0 Å². The van der Waals surface area contributed by atoms with Crippen LogP contribution in [0.4, 0.5) is 4.39 Å². The van der Waals surface area contributed by atoms with Crippen LogP contribution in [0.25, 0.3) is 11.6 Å². The Bertz CT molecular complexity index is 1020. The zero-order chi connectivity index (χ0) is 20.6. The van der Waals surface area contributed by atoms with Crippen molar-refractivity contribution in [2.75, 3.05) is 6.61 Å². The Morgan fingerprint density at radius 2 is 1.83 bits per heavy atom. The fraction of sp³-hybridized carbons (Fsp3) is 0.0909. The molecular formula is C22H17ClFNO3S. The Balaban J connectivity index is 1.63. The fourth-order valence-corrected chi connectivity index (χ4v) is 3.42. The van der Waals surface area contributed by atoms with Gasteiger partial charge in [-0.3, -0.25) is 4.79 Å². The van der Waals surface area contributed by atoms with E-state index < -0.39 is 18.5 Å². The second-order valence-corrected chi connectivity index (χ2v) is 7.39. The monoisotopic (exact) mass is 429 g/mol. The van der Waals surface area contributed by atoms with Gasteiger partial charge in [-0.25, -0.2) is 9.18 Å². The molecule has 0 unspecified atom stereocenters. The van der Waals surface area contributed by atoms with Gasteiger partial charge < -0.3 is 10.1 Å². The Labute approximate surface area is 176 Å². The number of thiophene rings is 1. The quantitative estimate of drug-likeness (QED) is 0.427. The predicted octanol–water partition coefficient (Wildman–Crippen LogP) is 4.94. The number of rotatable bonds is 7. The number of amides is 1. The summed E-state index contributed by atoms with van der Waals surface area (Å²) in [5.41, 5.74) is 1.71. The molecule has 0 aliphatic heterocycles. The highest BCUT2D eigenvalue weighted by Crippen LogP contribution is 2.24. The Kier molecular flexibility index (Phi) is 7.16. The molecule has 4 nitrogen and oxygen atoms in total. The van der Waals surface area contributed by atoms with E-state index in [1.54, 1.807) is 42.5 Å². The summed E-state index contributed by atoms with van der Waals surface area (Å²) in [6.45, 7) is -0.186. The van der Waals surface area contributed by atoms with Crippen LogP contribution in [0.3, 0.4) is 0 Å². The lowest BCUT2D eigenvalue weighted by Gasteiger charge is -2.09. The van der Waals surface area contributed by atoms with Crippen molar-refractivity contribution in [2.45, 2.75) is 6.54 Å². The first-order chi connectivity index (χ1) is 14.0. The van der Waals surface area contributed by atoms with Gasteiger partial charge in [0.1, 0.15) is 5.82 Å². The molecule has 0 aliphatic rings. The molecule has 1 heterocycles. The largest absolute Gasteiger partial charge is 0.452 e. The van der Waals surface area contributed by atoms with Gasteiger partial charge in [0.15, 0.2) is 6.61 Å². The molecule has 3 aromatic rings. The molecule has 1 aromatic heterocycles. The van der Waals surface area contributed by atoms with Crippen LogP contribution in [-0.2, 0) is 20.9 Å². The van der Waals surface area contributed by atoms with E-state index in [4.69, 9.17) is 16.3 Å². The lowest BCUT2D eigenvalue weighted by molar-refractivity contribution is -0.142. The van der Waals surface area contributed by atoms with Crippen LogP contribution in [-0.4, -0.2) is 18.5 Å². The number of carbonyl (C=O) groups is 2. The van der Waals surface area contributed by atoms with Crippen molar-refractivity contribution in [3.63, 3.8) is 0 Å². The number of ether oxygens (including phenoxy) is 1. The van der Waals surface area contributed by atoms with Crippen molar-refractivity contribution in [1.82, 2.24) is 5.32 Å². The van der Waals surface area contributed by atoms with Crippen molar-refractivity contribution in [3.8, 4) is 0 Å². The molecule has 0 aliphatic carbocycles. The normalized spacial score (nSPS) is 11.2. The lowest BCUT2D eigenvalue weighted by Crippen LogP contribution is -2.28. The number of hydrogen-bond donors (Lipinski definition) is 1. The van der Waals surface area contributed by atoms with Gasteiger partial charge in [-0.05, 0) is 46.8 Å². The van der Waals surface area contributed by atoms with Crippen molar-refractivity contribution in [3.05, 3.63) is 92.9 Å². The van der Waals surface area contributed by atoms with E-state index in [2.05, 4.69) is 5.32 Å². The van der Waals surface area contributed by atoms with Crippen LogP contribution in [0.5, 0.6) is 0 Å². The van der Waals surface area contributed by atoms with Gasteiger partial charge in [0.05, 0.1) is 5.57 Å². The van der Waals surface area contributed by atoms with E-state index in [0.717, 1.165) is 5.56 Å². The molecular weight excluding hydrogens is 413 g/mol. The summed E-state index contributed by atoms with van der Waals surface area (Å²) in [5.74, 6) is -1.44. The second kappa shape index (κ2) is 10.0. The summed E-state index contributed by atoms with van der Waals surface area (Å²) in [4.78, 5) is 25.3. The van der Waals surface area contributed by atoms with Gasteiger partial charge in [0.25, 0.3) is 5.91 Å². The van der Waals surface area contributed by atoms with Gasteiger partial charge >= 0.3 is 5.97 Å². The van der Waals surface area contributed by atoms with E-state index in [1.807, 2.05) is 17.5 Å². The number of hydrogen-bond acceptors (Lipinski definition) is 4. The number of halogens is 2. The van der Waals surface area contributed by atoms with Crippen molar-refractivity contribution in [1.29, 1.82) is 0 Å². The molecule has 0 saturated carbocycles. The third kappa shape index (κ3) is 6.01. The average Bonchev–Trinajstić information content (AvgIpc) is 3.25. The molecule has 1 N–H and O–H groups in total. The summed E-state index contributed by atoms with van der Waals surface area (Å²) >= 11 is 7.42. The number of benzene rings is 2. The van der Waals surface area contributed by atoms with E-state index in [1.165, 1.54) is 23.5 Å². The zero-order valence-corrected chi connectivity index (χ0v) is 16.8. The van der Waals surface area contributed by atoms with Gasteiger partial charge in [0.2, 0.25) is 0 Å². The van der Waals surface area contributed by atoms with Crippen LogP contribution in [0, 0.1) is 5.82 Å². The van der Waals surface area contributed by atoms with Crippen molar-refractivity contribution >= 4 is 46.5 Å². The molecule has 2 aromatic carbocycles. The van der Waals surface area contributed by atoms with Gasteiger partial charge in [0, 0.05) is 16.4 Å². The predicted molar refractivity (Wildman–Crippen MR) is 113 cm³/mol. The van der Waals surface area contributed by atoms with Crippen LogP contribution in [0.1, 0.15) is 16.0 Å². The smallest absolute Gasteiger partial charge is 0.340 e. The van der Waals surface area contributed by atoms with Crippen molar-refractivity contribution < 1.29 is 18.7 Å². The molecule has 0 atom stereocenters. The summed E-state index contributed by atoms with van der Waals surface area (Å²) in [6.07, 6.45) is 1.61. The van der Waals surface area contributed by atoms with Crippen LogP contribution >= 0.6 is 22.9 Å². The van der Waals surface area contributed by atoms with Crippen LogP contribution in [0.2, 0.25) is 5.02 Å². The summed E-state index contributed by atoms with van der Waals surface area (Å²) in [5, 5.41) is 5.04. The maximum Gasteiger partial charge on any atom is 0.340 e. The number of carbonyl (C=O) groups excluding carboxylic acids is 2. The first kappa shape index (κ1) is 20.8. The highest BCUT2D eigenvalue weighted by Gasteiger charge is 2.16. The Morgan fingerprint density at radius 1 is 1.07 bits per heavy atom. The molecule has 0 saturated heterocycles. The summed E-state index contributed by atoms with van der Waals surface area (Å²) < 4.78 is 18.3. The molecule has 7 heteroatoms. The average molecular weight is 430 g/mol. The molecule has 3 rings (SSSR count). The summed E-state index contributed by atoms with van der Waals surface area (Å²) in [6, 6.07) is 16.5. The first-order valence-corrected chi connectivity index (χ1v) is 9.97. The SMILES string of the molecule is O=C(COC(=O)C(=Cc1ccc(F)cc1)c1cccs1)NCc1ccccc1Cl. The lowest BCUT2D eigenvalue weighted by atomic mass is 10.1. The third-order valence-corrected chi connectivity index (χ3v) is 5.23.